The van der Waals surface area contributed by atoms with Gasteiger partial charge in [-0.1, -0.05) is 23.7 Å². The van der Waals surface area contributed by atoms with Gasteiger partial charge in [0, 0.05) is 21.9 Å². The van der Waals surface area contributed by atoms with E-state index in [2.05, 4.69) is 6.07 Å². The maximum absolute atomic E-state index is 13.4. The number of aliphatic hydroxyl groups is 1. The summed E-state index contributed by atoms with van der Waals surface area (Å²) in [6.45, 7) is 0. The van der Waals surface area contributed by atoms with E-state index < -0.39 is 11.9 Å². The molecular weight excluding hydrogens is 315 g/mol. The number of thiophene rings is 1. The lowest BCUT2D eigenvalue weighted by Crippen LogP contribution is -2.01. The van der Waals surface area contributed by atoms with Crippen molar-refractivity contribution in [2.45, 2.75) is 24.7 Å². The highest BCUT2D eigenvalue weighted by atomic mass is 35.5. The van der Waals surface area contributed by atoms with Crippen LogP contribution in [0.25, 0.3) is 0 Å². The summed E-state index contributed by atoms with van der Waals surface area (Å²) in [6.07, 6.45) is 0.816. The van der Waals surface area contributed by atoms with Crippen LogP contribution in [-0.2, 0) is 18.6 Å². The minimum atomic E-state index is -0.616. The molecule has 0 bridgehead atoms. The molecule has 106 valence electrons. The molecule has 2 aromatic rings. The van der Waals surface area contributed by atoms with E-state index in [0.717, 1.165) is 22.8 Å². The van der Waals surface area contributed by atoms with Gasteiger partial charge >= 0.3 is 0 Å². The van der Waals surface area contributed by atoms with E-state index in [1.54, 1.807) is 23.5 Å². The quantitative estimate of drug-likeness (QED) is 0.888. The van der Waals surface area contributed by atoms with Gasteiger partial charge in [-0.3, -0.25) is 0 Å². The van der Waals surface area contributed by atoms with Crippen molar-refractivity contribution >= 4 is 34.7 Å². The fourth-order valence-electron chi connectivity index (χ4n) is 2.35. The third-order valence-corrected chi connectivity index (χ3v) is 6.19. The zero-order chi connectivity index (χ0) is 14.1. The Morgan fingerprint density at radius 1 is 1.40 bits per heavy atom. The van der Waals surface area contributed by atoms with E-state index >= 15 is 0 Å². The molecule has 1 nitrogen and oxygen atoms in total. The summed E-state index contributed by atoms with van der Waals surface area (Å²) in [4.78, 5) is 2.33. The first-order chi connectivity index (χ1) is 9.65. The minimum Gasteiger partial charge on any atom is -0.387 e. The number of fused-ring (bicyclic) bond motifs is 1. The second-order valence-corrected chi connectivity index (χ2v) is 7.48. The highest BCUT2D eigenvalue weighted by Gasteiger charge is 2.19. The molecular formula is C15H14ClFOS2. The molecule has 1 atom stereocenters. The van der Waals surface area contributed by atoms with Crippen LogP contribution in [0.3, 0.4) is 0 Å². The van der Waals surface area contributed by atoms with Gasteiger partial charge in [-0.05, 0) is 35.4 Å². The molecule has 5 heteroatoms. The zero-order valence-corrected chi connectivity index (χ0v) is 13.1. The Bertz CT molecular complexity index is 603. The van der Waals surface area contributed by atoms with Crippen molar-refractivity contribution in [1.82, 2.24) is 0 Å². The summed E-state index contributed by atoms with van der Waals surface area (Å²) in [5.74, 6) is 1.75. The fraction of sp³-hybridized carbons (Fsp3) is 0.333. The molecule has 0 radical (unpaired) electrons. The lowest BCUT2D eigenvalue weighted by atomic mass is 10.1. The van der Waals surface area contributed by atoms with Gasteiger partial charge < -0.3 is 5.11 Å². The molecule has 2 heterocycles. The third-order valence-electron chi connectivity index (χ3n) is 3.42. The van der Waals surface area contributed by atoms with Gasteiger partial charge in [0.15, 0.2) is 0 Å². The van der Waals surface area contributed by atoms with E-state index in [1.807, 2.05) is 11.8 Å². The predicted molar refractivity (Wildman–Crippen MR) is 84.3 cm³/mol. The number of aryl methyl sites for hydroxylation is 1. The van der Waals surface area contributed by atoms with Crippen LogP contribution < -0.4 is 0 Å². The van der Waals surface area contributed by atoms with E-state index in [1.165, 1.54) is 16.5 Å². The first kappa shape index (κ1) is 14.4. The molecule has 20 heavy (non-hydrogen) atoms. The van der Waals surface area contributed by atoms with Crippen molar-refractivity contribution in [3.05, 3.63) is 56.0 Å². The molecule has 1 aromatic carbocycles. The summed E-state index contributed by atoms with van der Waals surface area (Å²) in [6, 6.07) is 6.81. The Kier molecular flexibility index (Phi) is 4.36. The van der Waals surface area contributed by atoms with Crippen LogP contribution in [0.1, 0.15) is 27.0 Å². The molecule has 1 N–H and O–H groups in total. The van der Waals surface area contributed by atoms with Gasteiger partial charge in [-0.2, -0.15) is 11.8 Å². The Balaban J connectivity index is 1.80. The lowest BCUT2D eigenvalue weighted by Gasteiger charge is -2.10. The first-order valence-electron chi connectivity index (χ1n) is 6.45. The smallest absolute Gasteiger partial charge is 0.142 e. The Hall–Kier alpha value is -0.550. The lowest BCUT2D eigenvalue weighted by molar-refractivity contribution is 0.182. The highest BCUT2D eigenvalue weighted by molar-refractivity contribution is 7.98. The molecule has 0 saturated carbocycles. The number of halogens is 2. The number of aliphatic hydroxyl groups excluding tert-OH is 1. The Labute approximate surface area is 130 Å². The molecule has 1 unspecified atom stereocenters. The van der Waals surface area contributed by atoms with Gasteiger partial charge in [0.1, 0.15) is 5.82 Å². The molecule has 1 aromatic heterocycles. The molecule has 0 aliphatic carbocycles. The van der Waals surface area contributed by atoms with Gasteiger partial charge in [0.25, 0.3) is 0 Å². The number of hydrogen-bond acceptors (Lipinski definition) is 3. The van der Waals surface area contributed by atoms with Crippen LogP contribution in [0.2, 0.25) is 5.02 Å². The van der Waals surface area contributed by atoms with E-state index in [9.17, 15) is 9.50 Å². The van der Waals surface area contributed by atoms with Crippen molar-refractivity contribution in [2.75, 3.05) is 5.75 Å². The summed E-state index contributed by atoms with van der Waals surface area (Å²) >= 11 is 9.54. The van der Waals surface area contributed by atoms with Crippen molar-refractivity contribution in [1.29, 1.82) is 0 Å². The Morgan fingerprint density at radius 2 is 2.25 bits per heavy atom. The van der Waals surface area contributed by atoms with E-state index in [0.29, 0.717) is 12.0 Å². The summed E-state index contributed by atoms with van der Waals surface area (Å²) in [7, 11) is 0. The van der Waals surface area contributed by atoms with Crippen molar-refractivity contribution < 1.29 is 9.50 Å². The second kappa shape index (κ2) is 6.06. The normalized spacial score (nSPS) is 15.9. The van der Waals surface area contributed by atoms with Crippen LogP contribution in [0.5, 0.6) is 0 Å². The standard InChI is InChI=1S/C15H14ClFOS2/c16-15-9(2-1-3-11(15)17)6-12(18)14-7-10-8-19-5-4-13(10)20-14/h1-3,7,12,18H,4-6,8H2. The average molecular weight is 329 g/mol. The second-order valence-electron chi connectivity index (χ2n) is 4.83. The largest absolute Gasteiger partial charge is 0.387 e. The van der Waals surface area contributed by atoms with Crippen LogP contribution in [0.4, 0.5) is 4.39 Å². The van der Waals surface area contributed by atoms with Crippen molar-refractivity contribution in [3.8, 4) is 0 Å². The maximum atomic E-state index is 13.4. The van der Waals surface area contributed by atoms with E-state index in [-0.39, 0.29) is 5.02 Å². The molecule has 1 aliphatic heterocycles. The summed E-state index contributed by atoms with van der Waals surface area (Å²) in [5.41, 5.74) is 1.99. The molecule has 0 amide bonds. The summed E-state index contributed by atoms with van der Waals surface area (Å²) in [5, 5.41) is 10.5. The number of benzene rings is 1. The number of thioether (sulfide) groups is 1. The molecule has 3 rings (SSSR count). The number of hydrogen-bond donors (Lipinski definition) is 1. The van der Waals surface area contributed by atoms with Gasteiger partial charge in [0.05, 0.1) is 11.1 Å². The van der Waals surface area contributed by atoms with Gasteiger partial charge in [0.2, 0.25) is 0 Å². The maximum Gasteiger partial charge on any atom is 0.142 e. The minimum absolute atomic E-state index is 0.114. The van der Waals surface area contributed by atoms with Crippen molar-refractivity contribution in [2.24, 2.45) is 0 Å². The van der Waals surface area contributed by atoms with Crippen LogP contribution in [-0.4, -0.2) is 10.9 Å². The SMILES string of the molecule is OC(Cc1cccc(F)c1Cl)c1cc2c(s1)CCSC2. The fourth-order valence-corrected chi connectivity index (χ4v) is 4.91. The number of rotatable bonds is 3. The topological polar surface area (TPSA) is 20.2 Å². The third kappa shape index (κ3) is 2.89. The average Bonchev–Trinajstić information content (AvgIpc) is 2.88. The molecule has 0 spiro atoms. The summed E-state index contributed by atoms with van der Waals surface area (Å²) < 4.78 is 13.4. The van der Waals surface area contributed by atoms with Gasteiger partial charge in [-0.25, -0.2) is 4.39 Å². The molecule has 1 aliphatic rings. The van der Waals surface area contributed by atoms with Crippen molar-refractivity contribution in [3.63, 3.8) is 0 Å². The van der Waals surface area contributed by atoms with Crippen LogP contribution in [0.15, 0.2) is 24.3 Å². The molecule has 0 saturated heterocycles. The van der Waals surface area contributed by atoms with Crippen LogP contribution in [0, 0.1) is 5.82 Å². The van der Waals surface area contributed by atoms with E-state index in [4.69, 9.17) is 11.6 Å². The predicted octanol–water partition coefficient (Wildman–Crippen LogP) is 4.61. The first-order valence-corrected chi connectivity index (χ1v) is 8.80. The monoisotopic (exact) mass is 328 g/mol. The highest BCUT2D eigenvalue weighted by Crippen LogP contribution is 2.36. The molecule has 0 fully saturated rings. The van der Waals surface area contributed by atoms with Crippen LogP contribution >= 0.6 is 34.7 Å². The van der Waals surface area contributed by atoms with Gasteiger partial charge in [-0.15, -0.1) is 11.3 Å². The zero-order valence-electron chi connectivity index (χ0n) is 10.7. The Morgan fingerprint density at radius 3 is 3.05 bits per heavy atom.